The topological polar surface area (TPSA) is 75.1 Å². The molecule has 38 heavy (non-hydrogen) atoms. The number of anilines is 4. The van der Waals surface area contributed by atoms with Crippen LogP contribution in [-0.4, -0.2) is 33.8 Å². The molecule has 0 unspecified atom stereocenters. The van der Waals surface area contributed by atoms with Gasteiger partial charge in [0, 0.05) is 37.6 Å². The Kier molecular flexibility index (Phi) is 8.30. The minimum Gasteiger partial charge on any atom is -0.370 e. The first-order valence-corrected chi connectivity index (χ1v) is 12.2. The number of nitrogens with one attached hydrogen (secondary N) is 2. The van der Waals surface area contributed by atoms with Crippen LogP contribution in [0.5, 0.6) is 0 Å². The summed E-state index contributed by atoms with van der Waals surface area (Å²) in [6.45, 7) is 4.16. The Hall–Kier alpha value is -4.34. The van der Waals surface area contributed by atoms with Gasteiger partial charge in [-0.3, -0.25) is 14.5 Å². The summed E-state index contributed by atoms with van der Waals surface area (Å²) in [4.78, 5) is 18.6. The molecule has 2 aromatic carbocycles. The van der Waals surface area contributed by atoms with Crippen molar-refractivity contribution in [1.82, 2.24) is 14.8 Å². The summed E-state index contributed by atoms with van der Waals surface area (Å²) in [5, 5.41) is 9.90. The molecule has 1 aliphatic rings. The Balaban J connectivity index is 0.000000178. The SMILES string of the molecule is Cc1ccc(C(=O)Nc2cccc(C(F)(F)F)c2)cc1.Cn1cc(Nc2cncc(N3CCCC3)c2)cn1. The predicted octanol–water partition coefficient (Wildman–Crippen LogP) is 6.43. The van der Waals surface area contributed by atoms with Gasteiger partial charge in [0.05, 0.1) is 41.2 Å². The zero-order valence-corrected chi connectivity index (χ0v) is 21.2. The van der Waals surface area contributed by atoms with E-state index < -0.39 is 17.6 Å². The van der Waals surface area contributed by atoms with E-state index in [-0.39, 0.29) is 5.69 Å². The molecule has 1 fully saturated rings. The monoisotopic (exact) mass is 522 g/mol. The molecule has 0 saturated carbocycles. The van der Waals surface area contributed by atoms with Crippen molar-refractivity contribution in [3.05, 3.63) is 96.1 Å². The molecule has 10 heteroatoms. The van der Waals surface area contributed by atoms with E-state index in [4.69, 9.17) is 0 Å². The average molecular weight is 523 g/mol. The van der Waals surface area contributed by atoms with Crippen LogP contribution in [0.2, 0.25) is 0 Å². The second-order valence-electron chi connectivity index (χ2n) is 9.05. The minimum absolute atomic E-state index is 0.116. The summed E-state index contributed by atoms with van der Waals surface area (Å²) >= 11 is 0. The maximum Gasteiger partial charge on any atom is 0.416 e. The van der Waals surface area contributed by atoms with Crippen LogP contribution >= 0.6 is 0 Å². The number of rotatable bonds is 5. The fourth-order valence-electron chi connectivity index (χ4n) is 3.98. The van der Waals surface area contributed by atoms with Crippen LogP contribution in [0.3, 0.4) is 0 Å². The number of hydrogen-bond donors (Lipinski definition) is 2. The molecule has 5 rings (SSSR count). The fraction of sp³-hybridized carbons (Fsp3) is 0.250. The van der Waals surface area contributed by atoms with Gasteiger partial charge >= 0.3 is 6.18 Å². The summed E-state index contributed by atoms with van der Waals surface area (Å²) in [7, 11) is 1.91. The van der Waals surface area contributed by atoms with Gasteiger partial charge in [-0.05, 0) is 56.2 Å². The molecule has 2 N–H and O–H groups in total. The zero-order chi connectivity index (χ0) is 27.1. The van der Waals surface area contributed by atoms with Crippen molar-refractivity contribution in [3.8, 4) is 0 Å². The van der Waals surface area contributed by atoms with Crippen LogP contribution in [0.4, 0.5) is 35.9 Å². The second kappa shape index (κ2) is 11.8. The molecule has 198 valence electrons. The number of halogens is 3. The van der Waals surface area contributed by atoms with Gasteiger partial charge in [0.1, 0.15) is 0 Å². The number of aromatic nitrogens is 3. The Bertz CT molecular complexity index is 1360. The molecular formula is C28H29F3N6O. The Labute approximate surface area is 219 Å². The Morgan fingerprint density at radius 1 is 0.921 bits per heavy atom. The highest BCUT2D eigenvalue weighted by Crippen LogP contribution is 2.30. The minimum atomic E-state index is -4.43. The number of carbonyl (C=O) groups excluding carboxylic acids is 1. The third kappa shape index (κ3) is 7.34. The number of aryl methyl sites for hydroxylation is 2. The van der Waals surface area contributed by atoms with Gasteiger partial charge in [-0.1, -0.05) is 23.8 Å². The van der Waals surface area contributed by atoms with E-state index >= 15 is 0 Å². The lowest BCUT2D eigenvalue weighted by atomic mass is 10.1. The molecule has 1 aliphatic heterocycles. The number of hydrogen-bond acceptors (Lipinski definition) is 5. The quantitative estimate of drug-likeness (QED) is 0.316. The number of carbonyl (C=O) groups is 1. The standard InChI is InChI=1S/C15H12F3NO.C13H17N5/c1-10-5-7-11(8-6-10)14(20)19-13-4-2-3-12(9-13)15(16,17)18;1-17-10-12(8-15-17)16-11-6-13(9-14-7-11)18-4-2-3-5-18/h2-9H,1H3,(H,19,20);6-10,16H,2-5H2,1H3. The molecule has 4 aromatic rings. The highest BCUT2D eigenvalue weighted by molar-refractivity contribution is 6.04. The van der Waals surface area contributed by atoms with E-state index in [0.29, 0.717) is 5.56 Å². The molecule has 7 nitrogen and oxygen atoms in total. The highest BCUT2D eigenvalue weighted by atomic mass is 19.4. The molecule has 0 atom stereocenters. The molecule has 0 aliphatic carbocycles. The number of nitrogens with zero attached hydrogens (tertiary/aromatic N) is 4. The van der Waals surface area contributed by atoms with E-state index in [1.807, 2.05) is 38.8 Å². The summed E-state index contributed by atoms with van der Waals surface area (Å²) in [5.41, 5.74) is 3.91. The van der Waals surface area contributed by atoms with Crippen LogP contribution in [0.1, 0.15) is 34.3 Å². The molecule has 1 amide bonds. The first-order chi connectivity index (χ1) is 18.2. The average Bonchev–Trinajstić information content (AvgIpc) is 3.57. The third-order valence-corrected chi connectivity index (χ3v) is 5.95. The van der Waals surface area contributed by atoms with Crippen molar-refractivity contribution >= 4 is 28.7 Å². The summed E-state index contributed by atoms with van der Waals surface area (Å²) in [6.07, 6.45) is 5.66. The largest absolute Gasteiger partial charge is 0.416 e. The highest BCUT2D eigenvalue weighted by Gasteiger charge is 2.30. The van der Waals surface area contributed by atoms with Crippen LogP contribution in [0, 0.1) is 6.92 Å². The van der Waals surface area contributed by atoms with Crippen molar-refractivity contribution in [1.29, 1.82) is 0 Å². The summed E-state index contributed by atoms with van der Waals surface area (Å²) < 4.78 is 39.5. The molecule has 3 heterocycles. The van der Waals surface area contributed by atoms with Gasteiger partial charge in [-0.15, -0.1) is 0 Å². The van der Waals surface area contributed by atoms with E-state index in [2.05, 4.69) is 31.7 Å². The molecular weight excluding hydrogens is 493 g/mol. The predicted molar refractivity (Wildman–Crippen MR) is 143 cm³/mol. The number of alkyl halides is 3. The maximum atomic E-state index is 12.6. The van der Waals surface area contributed by atoms with Crippen molar-refractivity contribution in [2.24, 2.45) is 7.05 Å². The van der Waals surface area contributed by atoms with Gasteiger partial charge in [0.15, 0.2) is 0 Å². The lowest BCUT2D eigenvalue weighted by Crippen LogP contribution is -2.17. The van der Waals surface area contributed by atoms with E-state index in [9.17, 15) is 18.0 Å². The van der Waals surface area contributed by atoms with Crippen LogP contribution in [0.15, 0.2) is 79.4 Å². The molecule has 0 bridgehead atoms. The van der Waals surface area contributed by atoms with Crippen LogP contribution in [0.25, 0.3) is 0 Å². The van der Waals surface area contributed by atoms with Crippen molar-refractivity contribution in [2.45, 2.75) is 25.9 Å². The van der Waals surface area contributed by atoms with Crippen molar-refractivity contribution in [2.75, 3.05) is 28.6 Å². The van der Waals surface area contributed by atoms with Crippen LogP contribution in [-0.2, 0) is 13.2 Å². The van der Waals surface area contributed by atoms with Gasteiger partial charge in [-0.2, -0.15) is 18.3 Å². The number of amides is 1. The molecule has 1 saturated heterocycles. The summed E-state index contributed by atoms with van der Waals surface area (Å²) in [5.74, 6) is -0.440. The smallest absolute Gasteiger partial charge is 0.370 e. The normalized spacial score (nSPS) is 13.0. The van der Waals surface area contributed by atoms with Crippen LogP contribution < -0.4 is 15.5 Å². The number of pyridine rings is 1. The molecule has 0 radical (unpaired) electrons. The third-order valence-electron chi connectivity index (χ3n) is 5.95. The number of benzene rings is 2. The molecule has 2 aromatic heterocycles. The Morgan fingerprint density at radius 3 is 2.32 bits per heavy atom. The first kappa shape index (κ1) is 26.7. The lowest BCUT2D eigenvalue weighted by molar-refractivity contribution is -0.137. The fourth-order valence-corrected chi connectivity index (χ4v) is 3.98. The first-order valence-electron chi connectivity index (χ1n) is 12.2. The maximum absolute atomic E-state index is 12.6. The van der Waals surface area contributed by atoms with Crippen molar-refractivity contribution in [3.63, 3.8) is 0 Å². The zero-order valence-electron chi connectivity index (χ0n) is 21.2. The summed E-state index contributed by atoms with van der Waals surface area (Å²) in [6, 6.07) is 13.5. The molecule has 0 spiro atoms. The van der Waals surface area contributed by atoms with Gasteiger partial charge in [0.25, 0.3) is 5.91 Å². The second-order valence-corrected chi connectivity index (χ2v) is 9.05. The van der Waals surface area contributed by atoms with E-state index in [1.165, 1.54) is 30.7 Å². The van der Waals surface area contributed by atoms with Gasteiger partial charge in [0.2, 0.25) is 0 Å². The van der Waals surface area contributed by atoms with E-state index in [1.54, 1.807) is 28.9 Å². The van der Waals surface area contributed by atoms with E-state index in [0.717, 1.165) is 42.2 Å². The Morgan fingerprint density at radius 2 is 1.66 bits per heavy atom. The lowest BCUT2D eigenvalue weighted by Gasteiger charge is -2.17. The van der Waals surface area contributed by atoms with Gasteiger partial charge in [-0.25, -0.2) is 0 Å². The van der Waals surface area contributed by atoms with Crippen molar-refractivity contribution < 1.29 is 18.0 Å². The van der Waals surface area contributed by atoms with Gasteiger partial charge < -0.3 is 15.5 Å².